The minimum atomic E-state index is -4.57. The average Bonchev–Trinajstić information content (AvgIpc) is 3.34. The molecule has 0 spiro atoms. The highest BCUT2D eigenvalue weighted by Crippen LogP contribution is 2.58. The van der Waals surface area contributed by atoms with Crippen LogP contribution >= 0.6 is 0 Å². The Hall–Kier alpha value is -2.58. The van der Waals surface area contributed by atoms with Gasteiger partial charge in [0.2, 0.25) is 11.8 Å². The van der Waals surface area contributed by atoms with Gasteiger partial charge in [-0.05, 0) is 37.5 Å². The summed E-state index contributed by atoms with van der Waals surface area (Å²) in [5.41, 5.74) is 3.34. The molecule has 1 atom stereocenters. The molecule has 0 bridgehead atoms. The smallest absolute Gasteiger partial charge is 0.369 e. The van der Waals surface area contributed by atoms with Crippen LogP contribution in [0.3, 0.4) is 0 Å². The van der Waals surface area contributed by atoms with Crippen molar-refractivity contribution in [2.24, 2.45) is 16.1 Å². The number of hydrogen-bond donors (Lipinski definition) is 2. The molecule has 26 heavy (non-hydrogen) atoms. The number of guanidine groups is 1. The van der Waals surface area contributed by atoms with Gasteiger partial charge in [0.05, 0.1) is 12.0 Å². The summed E-state index contributed by atoms with van der Waals surface area (Å²) in [4.78, 5) is 29.8. The number of carbonyl (C=O) groups excluding carboxylic acids is 2. The third-order valence-electron chi connectivity index (χ3n) is 5.04. The Labute approximate surface area is 148 Å². The average molecular weight is 368 g/mol. The summed E-state index contributed by atoms with van der Waals surface area (Å²) < 4.78 is 39.2. The first-order chi connectivity index (χ1) is 12.0. The topological polar surface area (TPSA) is 87.8 Å². The number of amides is 2. The summed E-state index contributed by atoms with van der Waals surface area (Å²) in [5.74, 6) is -1.22. The van der Waals surface area contributed by atoms with Gasteiger partial charge in [-0.1, -0.05) is 12.1 Å². The van der Waals surface area contributed by atoms with Gasteiger partial charge in [0, 0.05) is 12.7 Å². The zero-order valence-electron chi connectivity index (χ0n) is 14.4. The molecule has 1 aromatic carbocycles. The highest BCUT2D eigenvalue weighted by atomic mass is 19.4. The van der Waals surface area contributed by atoms with E-state index in [1.54, 1.807) is 19.1 Å². The van der Waals surface area contributed by atoms with Crippen molar-refractivity contribution in [3.8, 4) is 0 Å². The summed E-state index contributed by atoms with van der Waals surface area (Å²) in [6.45, 7) is 1.71. The van der Waals surface area contributed by atoms with E-state index in [2.05, 4.69) is 10.3 Å². The van der Waals surface area contributed by atoms with E-state index in [9.17, 15) is 22.8 Å². The number of halogens is 3. The Kier molecular flexibility index (Phi) is 4.01. The van der Waals surface area contributed by atoms with E-state index in [0.29, 0.717) is 5.56 Å². The zero-order valence-corrected chi connectivity index (χ0v) is 14.4. The molecule has 1 aliphatic heterocycles. The lowest BCUT2D eigenvalue weighted by atomic mass is 9.87. The lowest BCUT2D eigenvalue weighted by molar-refractivity contribution is -0.189. The number of nitrogens with two attached hydrogens (primary N) is 1. The Morgan fingerprint density at radius 1 is 1.35 bits per heavy atom. The lowest BCUT2D eigenvalue weighted by Crippen LogP contribution is -2.47. The van der Waals surface area contributed by atoms with Gasteiger partial charge in [-0.15, -0.1) is 0 Å². The molecule has 0 aromatic heterocycles. The second kappa shape index (κ2) is 5.72. The van der Waals surface area contributed by atoms with Crippen molar-refractivity contribution in [3.63, 3.8) is 0 Å². The van der Waals surface area contributed by atoms with E-state index in [1.165, 1.54) is 24.1 Å². The van der Waals surface area contributed by atoms with Gasteiger partial charge in [0.15, 0.2) is 5.96 Å². The fraction of sp³-hybridized carbons (Fsp3) is 0.471. The molecule has 3 rings (SSSR count). The number of rotatable bonds is 3. The molecular formula is C17H19F3N4O2. The molecule has 1 aliphatic carbocycles. The maximum Gasteiger partial charge on any atom is 0.403 e. The van der Waals surface area contributed by atoms with E-state index in [-0.39, 0.29) is 36.8 Å². The minimum absolute atomic E-state index is 0.0622. The van der Waals surface area contributed by atoms with Gasteiger partial charge in [-0.2, -0.15) is 13.2 Å². The maximum absolute atomic E-state index is 13.1. The molecule has 1 saturated carbocycles. The van der Waals surface area contributed by atoms with Crippen LogP contribution < -0.4 is 11.1 Å². The van der Waals surface area contributed by atoms with Crippen molar-refractivity contribution in [2.45, 2.75) is 37.9 Å². The predicted molar refractivity (Wildman–Crippen MR) is 89.2 cm³/mol. The number of nitrogens with zero attached hydrogens (tertiary/aromatic N) is 2. The van der Waals surface area contributed by atoms with Crippen LogP contribution in [0.1, 0.15) is 31.7 Å². The SMILES string of the molecule is CN1C(=O)C[C@@](C)(c2cccc(NC(=O)C3(C(F)(F)F)CC3)c2)N=C1N. The van der Waals surface area contributed by atoms with Gasteiger partial charge >= 0.3 is 6.18 Å². The number of alkyl halides is 3. The van der Waals surface area contributed by atoms with E-state index >= 15 is 0 Å². The summed E-state index contributed by atoms with van der Waals surface area (Å²) in [6.07, 6.45) is -4.92. The third-order valence-corrected chi connectivity index (χ3v) is 5.04. The number of nitrogens with one attached hydrogen (secondary N) is 1. The third kappa shape index (κ3) is 2.91. The lowest BCUT2D eigenvalue weighted by Gasteiger charge is -2.33. The Morgan fingerprint density at radius 2 is 2.00 bits per heavy atom. The minimum Gasteiger partial charge on any atom is -0.369 e. The van der Waals surface area contributed by atoms with Crippen LogP contribution in [-0.2, 0) is 15.1 Å². The molecule has 9 heteroatoms. The highest BCUT2D eigenvalue weighted by molar-refractivity contribution is 5.99. The van der Waals surface area contributed by atoms with E-state index < -0.39 is 23.0 Å². The predicted octanol–water partition coefficient (Wildman–Crippen LogP) is 2.36. The van der Waals surface area contributed by atoms with Gasteiger partial charge in [-0.25, -0.2) is 4.99 Å². The van der Waals surface area contributed by atoms with E-state index in [1.807, 2.05) is 0 Å². The molecule has 2 aliphatic rings. The Morgan fingerprint density at radius 3 is 2.54 bits per heavy atom. The number of anilines is 1. The Balaban J connectivity index is 1.86. The van der Waals surface area contributed by atoms with Crippen molar-refractivity contribution >= 4 is 23.5 Å². The number of aliphatic imine (C=N–C) groups is 1. The van der Waals surface area contributed by atoms with Crippen LogP contribution in [0.2, 0.25) is 0 Å². The standard InChI is InChI=1S/C17H19F3N4O2/c1-15(9-12(25)24(2)14(21)23-15)10-4-3-5-11(8-10)22-13(26)16(6-7-16)17(18,19)20/h3-5,8H,6-7,9H2,1-2H3,(H2,21,23)(H,22,26)/t15-/m0/s1. The highest BCUT2D eigenvalue weighted by Gasteiger charge is 2.68. The van der Waals surface area contributed by atoms with Gasteiger partial charge in [0.25, 0.3) is 0 Å². The van der Waals surface area contributed by atoms with Crippen molar-refractivity contribution < 1.29 is 22.8 Å². The molecule has 1 aromatic rings. The first-order valence-corrected chi connectivity index (χ1v) is 8.09. The zero-order chi connectivity index (χ0) is 19.3. The first kappa shape index (κ1) is 18.2. The van der Waals surface area contributed by atoms with Crippen LogP contribution in [0.5, 0.6) is 0 Å². The molecule has 1 heterocycles. The van der Waals surface area contributed by atoms with Crippen molar-refractivity contribution in [2.75, 3.05) is 12.4 Å². The summed E-state index contributed by atoms with van der Waals surface area (Å²) in [6, 6.07) is 6.32. The molecular weight excluding hydrogens is 349 g/mol. The summed E-state index contributed by atoms with van der Waals surface area (Å²) >= 11 is 0. The second-order valence-electron chi connectivity index (χ2n) is 6.99. The van der Waals surface area contributed by atoms with Crippen LogP contribution in [0, 0.1) is 5.41 Å². The molecule has 0 saturated heterocycles. The summed E-state index contributed by atoms with van der Waals surface area (Å²) in [7, 11) is 1.52. The van der Waals surface area contributed by atoms with Crippen LogP contribution in [0.4, 0.5) is 18.9 Å². The molecule has 3 N–H and O–H groups in total. The van der Waals surface area contributed by atoms with E-state index in [4.69, 9.17) is 5.73 Å². The largest absolute Gasteiger partial charge is 0.403 e. The number of hydrogen-bond acceptors (Lipinski definition) is 4. The van der Waals surface area contributed by atoms with Gasteiger partial charge < -0.3 is 11.1 Å². The number of carbonyl (C=O) groups is 2. The van der Waals surface area contributed by atoms with E-state index in [0.717, 1.165) is 0 Å². The van der Waals surface area contributed by atoms with Crippen LogP contribution in [-0.4, -0.2) is 35.9 Å². The monoisotopic (exact) mass is 368 g/mol. The van der Waals surface area contributed by atoms with Crippen LogP contribution in [0.15, 0.2) is 29.3 Å². The molecule has 2 amide bonds. The van der Waals surface area contributed by atoms with Crippen LogP contribution in [0.25, 0.3) is 0 Å². The number of benzene rings is 1. The second-order valence-corrected chi connectivity index (χ2v) is 6.99. The maximum atomic E-state index is 13.1. The van der Waals surface area contributed by atoms with Gasteiger partial charge in [0.1, 0.15) is 5.41 Å². The van der Waals surface area contributed by atoms with Crippen molar-refractivity contribution in [1.29, 1.82) is 0 Å². The van der Waals surface area contributed by atoms with Gasteiger partial charge in [-0.3, -0.25) is 14.5 Å². The summed E-state index contributed by atoms with van der Waals surface area (Å²) in [5, 5.41) is 2.35. The Bertz CT molecular complexity index is 801. The fourth-order valence-corrected chi connectivity index (χ4v) is 3.02. The quantitative estimate of drug-likeness (QED) is 0.859. The molecule has 6 nitrogen and oxygen atoms in total. The fourth-order valence-electron chi connectivity index (χ4n) is 3.02. The normalized spacial score (nSPS) is 24.9. The first-order valence-electron chi connectivity index (χ1n) is 8.09. The molecule has 1 fully saturated rings. The molecule has 0 radical (unpaired) electrons. The van der Waals surface area contributed by atoms with Crippen molar-refractivity contribution in [3.05, 3.63) is 29.8 Å². The molecule has 0 unspecified atom stereocenters. The van der Waals surface area contributed by atoms with Crippen molar-refractivity contribution in [1.82, 2.24) is 4.90 Å². The molecule has 140 valence electrons.